The summed E-state index contributed by atoms with van der Waals surface area (Å²) in [5, 5.41) is 0. The third-order valence-corrected chi connectivity index (χ3v) is 2.36. The first-order valence-electron chi connectivity index (χ1n) is 3.94. The van der Waals surface area contributed by atoms with Crippen LogP contribution in [0, 0.1) is 3.57 Å². The van der Waals surface area contributed by atoms with Gasteiger partial charge < -0.3 is 0 Å². The number of aryl methyl sites for hydroxylation is 1. The summed E-state index contributed by atoms with van der Waals surface area (Å²) < 4.78 is 24.5. The third-order valence-electron chi connectivity index (χ3n) is 1.64. The van der Waals surface area contributed by atoms with E-state index in [-0.39, 0.29) is 0 Å². The molecule has 3 heteroatoms. The van der Waals surface area contributed by atoms with Crippen LogP contribution in [0.2, 0.25) is 0 Å². The Kier molecular flexibility index (Phi) is 4.35. The number of hydrogen-bond acceptors (Lipinski definition) is 0. The zero-order chi connectivity index (χ0) is 9.68. The molecule has 0 fully saturated rings. The molecule has 0 N–H and O–H groups in total. The minimum absolute atomic E-state index is 0.406. The lowest BCUT2D eigenvalue weighted by Crippen LogP contribution is -1.83. The molecule has 13 heavy (non-hydrogen) atoms. The highest BCUT2D eigenvalue weighted by Crippen LogP contribution is 2.09. The minimum Gasteiger partial charge on any atom is -0.174 e. The molecule has 1 rings (SSSR count). The number of halogens is 3. The van der Waals surface area contributed by atoms with Crippen LogP contribution in [-0.4, -0.2) is 0 Å². The van der Waals surface area contributed by atoms with Crippen molar-refractivity contribution in [2.24, 2.45) is 0 Å². The van der Waals surface area contributed by atoms with Crippen molar-refractivity contribution in [1.29, 1.82) is 0 Å². The maximum atomic E-state index is 11.7. The van der Waals surface area contributed by atoms with E-state index in [0.717, 1.165) is 15.2 Å². The average Bonchev–Trinajstić information content (AvgIpc) is 2.08. The summed E-state index contributed by atoms with van der Waals surface area (Å²) in [6, 6.07) is 7.88. The Morgan fingerprint density at radius 3 is 2.38 bits per heavy atom. The maximum Gasteiger partial charge on any atom is 0.266 e. The number of hydrogen-bond donors (Lipinski definition) is 0. The lowest BCUT2D eigenvalue weighted by molar-refractivity contribution is 0.417. The zero-order valence-corrected chi connectivity index (χ0v) is 9.09. The predicted octanol–water partition coefficient (Wildman–Crippen LogP) is 4.00. The molecule has 0 spiro atoms. The molecule has 0 amide bonds. The van der Waals surface area contributed by atoms with Crippen molar-refractivity contribution in [2.45, 2.75) is 12.8 Å². The van der Waals surface area contributed by atoms with Gasteiger partial charge in [0, 0.05) is 3.57 Å². The van der Waals surface area contributed by atoms with Gasteiger partial charge in [-0.05, 0) is 59.2 Å². The van der Waals surface area contributed by atoms with Gasteiger partial charge in [-0.1, -0.05) is 12.1 Å². The molecule has 0 nitrogen and oxygen atoms in total. The van der Waals surface area contributed by atoms with Crippen LogP contribution in [0.1, 0.15) is 12.0 Å². The number of rotatable bonds is 3. The molecule has 1 aromatic carbocycles. The van der Waals surface area contributed by atoms with Gasteiger partial charge in [-0.2, -0.15) is 8.78 Å². The third kappa shape index (κ3) is 4.36. The van der Waals surface area contributed by atoms with Crippen LogP contribution in [0.15, 0.2) is 36.4 Å². The molecule has 0 aliphatic carbocycles. The van der Waals surface area contributed by atoms with E-state index in [4.69, 9.17) is 0 Å². The SMILES string of the molecule is FC(F)=CCCc1ccc(I)cc1. The largest absolute Gasteiger partial charge is 0.266 e. The van der Waals surface area contributed by atoms with Gasteiger partial charge in [0.05, 0.1) is 0 Å². The van der Waals surface area contributed by atoms with E-state index in [1.807, 2.05) is 24.3 Å². The topological polar surface area (TPSA) is 0 Å². The summed E-state index contributed by atoms with van der Waals surface area (Å²) in [5.74, 6) is 0. The van der Waals surface area contributed by atoms with E-state index < -0.39 is 6.08 Å². The van der Waals surface area contributed by atoms with Crippen LogP contribution < -0.4 is 0 Å². The molecule has 0 aromatic heterocycles. The van der Waals surface area contributed by atoms with Crippen molar-refractivity contribution >= 4 is 22.6 Å². The van der Waals surface area contributed by atoms with E-state index in [1.165, 1.54) is 0 Å². The Hall–Kier alpha value is -0.450. The molecule has 0 saturated carbocycles. The fourth-order valence-electron chi connectivity index (χ4n) is 0.999. The molecule has 0 atom stereocenters. The standard InChI is InChI=1S/C10H9F2I/c11-10(12)3-1-2-8-4-6-9(13)7-5-8/h3-7H,1-2H2. The highest BCUT2D eigenvalue weighted by Gasteiger charge is 1.93. The van der Waals surface area contributed by atoms with Gasteiger partial charge in [-0.15, -0.1) is 0 Å². The van der Waals surface area contributed by atoms with Crippen molar-refractivity contribution < 1.29 is 8.78 Å². The van der Waals surface area contributed by atoms with Crippen LogP contribution in [0.4, 0.5) is 8.78 Å². The van der Waals surface area contributed by atoms with E-state index in [2.05, 4.69) is 22.6 Å². The van der Waals surface area contributed by atoms with Gasteiger partial charge in [0.1, 0.15) is 0 Å². The maximum absolute atomic E-state index is 11.7. The molecule has 0 heterocycles. The Morgan fingerprint density at radius 2 is 1.85 bits per heavy atom. The fraction of sp³-hybridized carbons (Fsp3) is 0.200. The molecule has 0 radical (unpaired) electrons. The predicted molar refractivity (Wildman–Crippen MR) is 57.8 cm³/mol. The summed E-state index contributed by atoms with van der Waals surface area (Å²) in [7, 11) is 0. The monoisotopic (exact) mass is 294 g/mol. The Morgan fingerprint density at radius 1 is 1.23 bits per heavy atom. The smallest absolute Gasteiger partial charge is 0.174 e. The summed E-state index contributed by atoms with van der Waals surface area (Å²) in [6.45, 7) is 0. The van der Waals surface area contributed by atoms with Crippen LogP contribution in [-0.2, 0) is 6.42 Å². The molecule has 0 bridgehead atoms. The molecule has 0 unspecified atom stereocenters. The van der Waals surface area contributed by atoms with Crippen LogP contribution in [0.3, 0.4) is 0 Å². The van der Waals surface area contributed by atoms with E-state index >= 15 is 0 Å². The fourth-order valence-corrected chi connectivity index (χ4v) is 1.36. The van der Waals surface area contributed by atoms with Crippen molar-refractivity contribution in [1.82, 2.24) is 0 Å². The highest BCUT2D eigenvalue weighted by molar-refractivity contribution is 14.1. The second-order valence-corrected chi connectivity index (χ2v) is 3.90. The quantitative estimate of drug-likeness (QED) is 0.739. The lowest BCUT2D eigenvalue weighted by atomic mass is 10.1. The Balaban J connectivity index is 2.46. The van der Waals surface area contributed by atoms with E-state index in [0.29, 0.717) is 12.8 Å². The van der Waals surface area contributed by atoms with Gasteiger partial charge in [-0.25, -0.2) is 0 Å². The second-order valence-electron chi connectivity index (χ2n) is 2.66. The first-order chi connectivity index (χ1) is 6.18. The molecule has 0 aliphatic rings. The molecule has 70 valence electrons. The van der Waals surface area contributed by atoms with Gasteiger partial charge in [0.25, 0.3) is 6.08 Å². The van der Waals surface area contributed by atoms with Crippen molar-refractivity contribution in [2.75, 3.05) is 0 Å². The van der Waals surface area contributed by atoms with Crippen molar-refractivity contribution in [3.8, 4) is 0 Å². The first-order valence-corrected chi connectivity index (χ1v) is 5.02. The zero-order valence-electron chi connectivity index (χ0n) is 6.93. The van der Waals surface area contributed by atoms with E-state index in [1.54, 1.807) is 0 Å². The van der Waals surface area contributed by atoms with Crippen molar-refractivity contribution in [3.63, 3.8) is 0 Å². The highest BCUT2D eigenvalue weighted by atomic mass is 127. The Labute approximate surface area is 89.8 Å². The Bertz CT molecular complexity index is 286. The van der Waals surface area contributed by atoms with Gasteiger partial charge in [0.2, 0.25) is 0 Å². The van der Waals surface area contributed by atoms with Gasteiger partial charge in [0.15, 0.2) is 0 Å². The second kappa shape index (κ2) is 5.32. The summed E-state index contributed by atoms with van der Waals surface area (Å²) in [6.07, 6.45) is 0.445. The van der Waals surface area contributed by atoms with Crippen LogP contribution in [0.5, 0.6) is 0 Å². The number of benzene rings is 1. The summed E-state index contributed by atoms with van der Waals surface area (Å²) in [4.78, 5) is 0. The first kappa shape index (κ1) is 10.6. The van der Waals surface area contributed by atoms with Crippen LogP contribution >= 0.6 is 22.6 Å². The van der Waals surface area contributed by atoms with Gasteiger partial charge in [-0.3, -0.25) is 0 Å². The summed E-state index contributed by atoms with van der Waals surface area (Å²) >= 11 is 2.21. The van der Waals surface area contributed by atoms with Crippen molar-refractivity contribution in [3.05, 3.63) is 45.6 Å². The molecular weight excluding hydrogens is 285 g/mol. The molecule has 0 saturated heterocycles. The molecule has 0 aliphatic heterocycles. The lowest BCUT2D eigenvalue weighted by Gasteiger charge is -1.97. The van der Waals surface area contributed by atoms with Gasteiger partial charge >= 0.3 is 0 Å². The summed E-state index contributed by atoms with van der Waals surface area (Å²) in [5.41, 5.74) is 1.10. The molecule has 1 aromatic rings. The average molecular weight is 294 g/mol. The minimum atomic E-state index is -1.59. The molecular formula is C10H9F2I. The van der Waals surface area contributed by atoms with E-state index in [9.17, 15) is 8.78 Å². The number of allylic oxidation sites excluding steroid dienone is 1. The normalized spacial score (nSPS) is 9.77. The van der Waals surface area contributed by atoms with Crippen LogP contribution in [0.25, 0.3) is 0 Å².